The Balaban J connectivity index is 1.58. The van der Waals surface area contributed by atoms with Crippen LogP contribution in [0.3, 0.4) is 0 Å². The molecule has 0 atom stereocenters. The number of benzene rings is 1. The molecule has 154 valence electrons. The fourth-order valence-corrected chi connectivity index (χ4v) is 5.74. The Hall–Kier alpha value is -1.75. The van der Waals surface area contributed by atoms with Crippen molar-refractivity contribution in [3.63, 3.8) is 0 Å². The highest BCUT2D eigenvalue weighted by atomic mass is 32.2. The van der Waals surface area contributed by atoms with Gasteiger partial charge in [-0.15, -0.1) is 0 Å². The van der Waals surface area contributed by atoms with E-state index in [4.69, 9.17) is 9.47 Å². The van der Waals surface area contributed by atoms with E-state index < -0.39 is 20.7 Å². The Labute approximate surface area is 164 Å². The van der Waals surface area contributed by atoms with Crippen LogP contribution in [0, 0.1) is 10.1 Å². The lowest BCUT2D eigenvalue weighted by Crippen LogP contribution is -2.45. The van der Waals surface area contributed by atoms with Crippen molar-refractivity contribution >= 4 is 21.4 Å². The predicted octanol–water partition coefficient (Wildman–Crippen LogP) is 2.11. The standard InChI is InChI=1S/C18H25N3O6S/c22-21(23)17-14-15(28(24,25)20-8-2-1-3-9-20)4-5-16(17)19-10-6-18(7-11-19)26-12-13-27-18/h4-5,14H,1-3,6-13H2. The molecular weight excluding hydrogens is 386 g/mol. The van der Waals surface area contributed by atoms with Gasteiger partial charge in [-0.25, -0.2) is 8.42 Å². The molecule has 0 saturated carbocycles. The quantitative estimate of drug-likeness (QED) is 0.552. The van der Waals surface area contributed by atoms with Gasteiger partial charge in [0.1, 0.15) is 5.69 Å². The molecule has 0 unspecified atom stereocenters. The molecule has 3 aliphatic rings. The molecule has 4 rings (SSSR count). The van der Waals surface area contributed by atoms with Gasteiger partial charge in [-0.2, -0.15) is 4.31 Å². The summed E-state index contributed by atoms with van der Waals surface area (Å²) in [6.45, 7) is 3.18. The average Bonchev–Trinajstić information content (AvgIpc) is 3.17. The maximum atomic E-state index is 12.9. The van der Waals surface area contributed by atoms with Crippen molar-refractivity contribution in [2.75, 3.05) is 44.3 Å². The van der Waals surface area contributed by atoms with Crippen molar-refractivity contribution in [3.05, 3.63) is 28.3 Å². The monoisotopic (exact) mass is 411 g/mol. The largest absolute Gasteiger partial charge is 0.366 e. The Kier molecular flexibility index (Phi) is 5.30. The number of rotatable bonds is 4. The van der Waals surface area contributed by atoms with E-state index in [1.807, 2.05) is 4.90 Å². The van der Waals surface area contributed by atoms with E-state index in [-0.39, 0.29) is 10.6 Å². The van der Waals surface area contributed by atoms with Gasteiger partial charge in [-0.05, 0) is 25.0 Å². The lowest BCUT2D eigenvalue weighted by Gasteiger charge is -2.38. The first-order valence-electron chi connectivity index (χ1n) is 9.73. The maximum absolute atomic E-state index is 12.9. The summed E-state index contributed by atoms with van der Waals surface area (Å²) >= 11 is 0. The van der Waals surface area contributed by atoms with Crippen LogP contribution in [0.25, 0.3) is 0 Å². The van der Waals surface area contributed by atoms with E-state index in [9.17, 15) is 18.5 Å². The summed E-state index contributed by atoms with van der Waals surface area (Å²) in [5.41, 5.74) is 0.262. The van der Waals surface area contributed by atoms with Gasteiger partial charge in [0.05, 0.1) is 23.0 Å². The SMILES string of the molecule is O=[N+]([O-])c1cc(S(=O)(=O)N2CCCCC2)ccc1N1CCC2(CC1)OCCO2. The molecule has 0 radical (unpaired) electrons. The second kappa shape index (κ2) is 7.58. The van der Waals surface area contributed by atoms with E-state index in [1.54, 1.807) is 6.07 Å². The summed E-state index contributed by atoms with van der Waals surface area (Å²) in [4.78, 5) is 13.1. The number of sulfonamides is 1. The van der Waals surface area contributed by atoms with Crippen LogP contribution in [0.2, 0.25) is 0 Å². The number of nitrogens with zero attached hydrogens (tertiary/aromatic N) is 3. The van der Waals surface area contributed by atoms with Gasteiger partial charge < -0.3 is 14.4 Å². The highest BCUT2D eigenvalue weighted by molar-refractivity contribution is 7.89. The van der Waals surface area contributed by atoms with Crippen molar-refractivity contribution in [2.24, 2.45) is 0 Å². The lowest BCUT2D eigenvalue weighted by molar-refractivity contribution is -0.384. The highest BCUT2D eigenvalue weighted by Crippen LogP contribution is 2.37. The summed E-state index contributed by atoms with van der Waals surface area (Å²) < 4.78 is 38.6. The van der Waals surface area contributed by atoms with Crippen molar-refractivity contribution in [3.8, 4) is 0 Å². The molecule has 0 aromatic heterocycles. The summed E-state index contributed by atoms with van der Waals surface area (Å²) in [5.74, 6) is -0.567. The molecule has 1 aromatic rings. The zero-order valence-electron chi connectivity index (χ0n) is 15.7. The molecule has 1 aromatic carbocycles. The number of hydrogen-bond acceptors (Lipinski definition) is 7. The van der Waals surface area contributed by atoms with E-state index in [0.29, 0.717) is 57.9 Å². The van der Waals surface area contributed by atoms with Gasteiger partial charge in [-0.3, -0.25) is 10.1 Å². The summed E-state index contributed by atoms with van der Waals surface area (Å²) in [6.07, 6.45) is 3.89. The van der Waals surface area contributed by atoms with Gasteiger partial charge in [-0.1, -0.05) is 6.42 Å². The predicted molar refractivity (Wildman–Crippen MR) is 102 cm³/mol. The summed E-state index contributed by atoms with van der Waals surface area (Å²) in [5, 5.41) is 11.7. The first-order chi connectivity index (χ1) is 13.4. The van der Waals surface area contributed by atoms with Crippen molar-refractivity contribution < 1.29 is 22.8 Å². The zero-order valence-corrected chi connectivity index (χ0v) is 16.5. The Morgan fingerprint density at radius 2 is 1.64 bits per heavy atom. The molecule has 28 heavy (non-hydrogen) atoms. The lowest BCUT2D eigenvalue weighted by atomic mass is 10.0. The van der Waals surface area contributed by atoms with Crippen LogP contribution in [-0.2, 0) is 19.5 Å². The van der Waals surface area contributed by atoms with Crippen LogP contribution in [0.1, 0.15) is 32.1 Å². The molecule has 3 aliphatic heterocycles. The Morgan fingerprint density at radius 3 is 2.25 bits per heavy atom. The molecular formula is C18H25N3O6S. The number of ether oxygens (including phenoxy) is 2. The van der Waals surface area contributed by atoms with Crippen LogP contribution in [-0.4, -0.2) is 62.8 Å². The average molecular weight is 411 g/mol. The molecule has 9 nitrogen and oxygen atoms in total. The number of hydrogen-bond donors (Lipinski definition) is 0. The normalized spacial score (nSPS) is 23.2. The minimum absolute atomic E-state index is 0.0132. The number of nitro groups is 1. The van der Waals surface area contributed by atoms with Crippen molar-refractivity contribution in [1.29, 1.82) is 0 Å². The van der Waals surface area contributed by atoms with E-state index in [2.05, 4.69) is 0 Å². The zero-order chi connectivity index (χ0) is 19.8. The van der Waals surface area contributed by atoms with Crippen molar-refractivity contribution in [1.82, 2.24) is 4.31 Å². The van der Waals surface area contributed by atoms with E-state index in [0.717, 1.165) is 19.3 Å². The number of anilines is 1. The van der Waals surface area contributed by atoms with Crippen LogP contribution < -0.4 is 4.90 Å². The molecule has 0 aliphatic carbocycles. The van der Waals surface area contributed by atoms with E-state index in [1.165, 1.54) is 16.4 Å². The molecule has 0 N–H and O–H groups in total. The van der Waals surface area contributed by atoms with Gasteiger partial charge in [0, 0.05) is 45.1 Å². The topological polar surface area (TPSA) is 102 Å². The van der Waals surface area contributed by atoms with Crippen molar-refractivity contribution in [2.45, 2.75) is 42.8 Å². The number of nitro benzene ring substituents is 1. The Morgan fingerprint density at radius 1 is 1.00 bits per heavy atom. The first-order valence-corrected chi connectivity index (χ1v) is 11.2. The molecule has 3 saturated heterocycles. The van der Waals surface area contributed by atoms with Gasteiger partial charge in [0.15, 0.2) is 5.79 Å². The molecule has 0 bridgehead atoms. The third-order valence-corrected chi connectivity index (χ3v) is 7.67. The van der Waals surface area contributed by atoms with Gasteiger partial charge in [0.2, 0.25) is 10.0 Å². The minimum atomic E-state index is -3.71. The third kappa shape index (κ3) is 3.61. The smallest absolute Gasteiger partial charge is 0.293 e. The highest BCUT2D eigenvalue weighted by Gasteiger charge is 2.41. The summed E-state index contributed by atoms with van der Waals surface area (Å²) in [7, 11) is -3.71. The maximum Gasteiger partial charge on any atom is 0.293 e. The van der Waals surface area contributed by atoms with Crippen LogP contribution >= 0.6 is 0 Å². The number of piperidine rings is 2. The molecule has 3 heterocycles. The van der Waals surface area contributed by atoms with Crippen LogP contribution in [0.4, 0.5) is 11.4 Å². The van der Waals surface area contributed by atoms with Gasteiger partial charge in [0.25, 0.3) is 5.69 Å². The summed E-state index contributed by atoms with van der Waals surface area (Å²) in [6, 6.07) is 4.24. The molecule has 3 fully saturated rings. The second-order valence-corrected chi connectivity index (χ2v) is 9.40. The third-order valence-electron chi connectivity index (χ3n) is 5.78. The van der Waals surface area contributed by atoms with E-state index >= 15 is 0 Å². The Bertz CT molecular complexity index is 837. The molecule has 10 heteroatoms. The minimum Gasteiger partial charge on any atom is -0.366 e. The van der Waals surface area contributed by atoms with Crippen LogP contribution in [0.15, 0.2) is 23.1 Å². The first kappa shape index (κ1) is 19.6. The van der Waals surface area contributed by atoms with Crippen LogP contribution in [0.5, 0.6) is 0 Å². The second-order valence-electron chi connectivity index (χ2n) is 7.47. The molecule has 0 amide bonds. The molecule has 1 spiro atoms. The fourth-order valence-electron chi connectivity index (χ4n) is 4.21. The van der Waals surface area contributed by atoms with Gasteiger partial charge >= 0.3 is 0 Å². The fraction of sp³-hybridized carbons (Fsp3) is 0.667.